The first-order valence-electron chi connectivity index (χ1n) is 7.64. The van der Waals surface area contributed by atoms with Crippen molar-refractivity contribution in [2.24, 2.45) is 5.92 Å². The van der Waals surface area contributed by atoms with E-state index in [1.54, 1.807) is 0 Å². The number of hydrogen-bond acceptors (Lipinski definition) is 4. The van der Waals surface area contributed by atoms with Gasteiger partial charge in [0.05, 0.1) is 6.61 Å². The van der Waals surface area contributed by atoms with Crippen molar-refractivity contribution in [3.63, 3.8) is 0 Å². The van der Waals surface area contributed by atoms with Crippen LogP contribution in [0.2, 0.25) is 0 Å². The lowest BCUT2D eigenvalue weighted by Gasteiger charge is -2.35. The highest BCUT2D eigenvalue weighted by Gasteiger charge is 2.33. The minimum Gasteiger partial charge on any atom is -0.465 e. The average Bonchev–Trinajstić information content (AvgIpc) is 2.45. The monoisotopic (exact) mass is 270 g/mol. The summed E-state index contributed by atoms with van der Waals surface area (Å²) in [5.74, 6) is 0.693. The number of nitrogens with one attached hydrogen (secondary N) is 1. The second-order valence-corrected chi connectivity index (χ2v) is 5.77. The Hall–Kier alpha value is -0.610. The summed E-state index contributed by atoms with van der Waals surface area (Å²) < 4.78 is 5.16. The molecule has 19 heavy (non-hydrogen) atoms. The van der Waals surface area contributed by atoms with Crippen molar-refractivity contribution < 1.29 is 9.53 Å². The van der Waals surface area contributed by atoms with Crippen LogP contribution in [0, 0.1) is 5.92 Å². The fourth-order valence-corrected chi connectivity index (χ4v) is 2.69. The Kier molecular flexibility index (Phi) is 6.80. The van der Waals surface area contributed by atoms with E-state index < -0.39 is 5.54 Å². The summed E-state index contributed by atoms with van der Waals surface area (Å²) in [7, 11) is 1.84. The maximum absolute atomic E-state index is 12.0. The summed E-state index contributed by atoms with van der Waals surface area (Å²) in [6.07, 6.45) is 4.71. The molecule has 2 unspecified atom stereocenters. The molecule has 2 atom stereocenters. The van der Waals surface area contributed by atoms with E-state index in [4.69, 9.17) is 4.74 Å². The molecular weight excluding hydrogens is 240 g/mol. The lowest BCUT2D eigenvalue weighted by atomic mass is 9.93. The lowest BCUT2D eigenvalue weighted by molar-refractivity contribution is -0.150. The Morgan fingerprint density at radius 1 is 1.47 bits per heavy atom. The number of carbonyl (C=O) groups excluding carboxylic acids is 1. The summed E-state index contributed by atoms with van der Waals surface area (Å²) in [6.45, 7) is 9.81. The number of rotatable bonds is 7. The van der Waals surface area contributed by atoms with Gasteiger partial charge in [0.15, 0.2) is 0 Å². The van der Waals surface area contributed by atoms with E-state index in [0.717, 1.165) is 18.9 Å². The smallest absolute Gasteiger partial charge is 0.326 e. The third-order valence-corrected chi connectivity index (χ3v) is 4.39. The van der Waals surface area contributed by atoms with Crippen molar-refractivity contribution in [2.75, 3.05) is 33.3 Å². The van der Waals surface area contributed by atoms with Crippen LogP contribution in [0.3, 0.4) is 0 Å². The van der Waals surface area contributed by atoms with Gasteiger partial charge in [-0.2, -0.15) is 0 Å². The number of piperidine rings is 1. The molecule has 0 spiro atoms. The van der Waals surface area contributed by atoms with Gasteiger partial charge in [-0.05, 0) is 52.6 Å². The van der Waals surface area contributed by atoms with Crippen LogP contribution in [0.15, 0.2) is 0 Å². The summed E-state index contributed by atoms with van der Waals surface area (Å²) in [6, 6.07) is 0. The molecule has 1 heterocycles. The Labute approximate surface area is 117 Å². The van der Waals surface area contributed by atoms with E-state index in [1.807, 2.05) is 20.9 Å². The van der Waals surface area contributed by atoms with Crippen LogP contribution < -0.4 is 5.32 Å². The quantitative estimate of drug-likeness (QED) is 0.719. The number of hydrogen-bond donors (Lipinski definition) is 1. The van der Waals surface area contributed by atoms with Gasteiger partial charge < -0.3 is 15.0 Å². The highest BCUT2D eigenvalue weighted by molar-refractivity contribution is 5.80. The molecule has 0 aromatic rings. The van der Waals surface area contributed by atoms with Crippen molar-refractivity contribution in [3.05, 3.63) is 0 Å². The summed E-state index contributed by atoms with van der Waals surface area (Å²) in [4.78, 5) is 14.5. The number of carbonyl (C=O) groups is 1. The Bertz CT molecular complexity index is 283. The van der Waals surface area contributed by atoms with Gasteiger partial charge in [0.2, 0.25) is 0 Å². The summed E-state index contributed by atoms with van der Waals surface area (Å²) >= 11 is 0. The zero-order chi connectivity index (χ0) is 14.3. The molecule has 4 heteroatoms. The van der Waals surface area contributed by atoms with Crippen LogP contribution in [-0.4, -0.2) is 49.7 Å². The molecule has 0 radical (unpaired) electrons. The molecule has 1 N–H and O–H groups in total. The van der Waals surface area contributed by atoms with Gasteiger partial charge >= 0.3 is 5.97 Å². The zero-order valence-electron chi connectivity index (χ0n) is 13.0. The maximum Gasteiger partial charge on any atom is 0.326 e. The fraction of sp³-hybridized carbons (Fsp3) is 0.933. The lowest BCUT2D eigenvalue weighted by Crippen LogP contribution is -2.51. The Morgan fingerprint density at radius 3 is 2.79 bits per heavy atom. The van der Waals surface area contributed by atoms with Crippen LogP contribution in [0.5, 0.6) is 0 Å². The van der Waals surface area contributed by atoms with Crippen molar-refractivity contribution in [1.29, 1.82) is 0 Å². The molecule has 1 fully saturated rings. The molecule has 0 aliphatic carbocycles. The second-order valence-electron chi connectivity index (χ2n) is 5.77. The number of likely N-dealkylation sites (N-methyl/N-ethyl adjacent to an activating group) is 1. The topological polar surface area (TPSA) is 41.6 Å². The van der Waals surface area contributed by atoms with Crippen LogP contribution >= 0.6 is 0 Å². The molecule has 0 aromatic heterocycles. The van der Waals surface area contributed by atoms with Gasteiger partial charge in [-0.1, -0.05) is 13.3 Å². The van der Waals surface area contributed by atoms with Crippen molar-refractivity contribution >= 4 is 5.97 Å². The molecule has 112 valence electrons. The molecule has 1 rings (SSSR count). The van der Waals surface area contributed by atoms with Crippen LogP contribution in [-0.2, 0) is 9.53 Å². The van der Waals surface area contributed by atoms with E-state index in [2.05, 4.69) is 17.1 Å². The molecule has 1 aliphatic heterocycles. The van der Waals surface area contributed by atoms with Crippen molar-refractivity contribution in [1.82, 2.24) is 10.2 Å². The predicted octanol–water partition coefficient (Wildman–Crippen LogP) is 2.04. The van der Waals surface area contributed by atoms with E-state index in [-0.39, 0.29) is 5.97 Å². The van der Waals surface area contributed by atoms with Gasteiger partial charge in [0.25, 0.3) is 0 Å². The predicted molar refractivity (Wildman–Crippen MR) is 78.2 cm³/mol. The van der Waals surface area contributed by atoms with Gasteiger partial charge in [-0.25, -0.2) is 0 Å². The standard InChI is InChI=1S/C15H30N2O2/c1-5-13-8-7-10-17(12-13)11-9-15(3,16-4)14(18)19-6-2/h13,16H,5-12H2,1-4H3. The third kappa shape index (κ3) is 4.77. The van der Waals surface area contributed by atoms with Gasteiger partial charge in [0.1, 0.15) is 5.54 Å². The van der Waals surface area contributed by atoms with Crippen molar-refractivity contribution in [2.45, 2.75) is 52.0 Å². The van der Waals surface area contributed by atoms with Gasteiger partial charge in [0, 0.05) is 13.1 Å². The first-order chi connectivity index (χ1) is 9.05. The molecule has 0 aromatic carbocycles. The van der Waals surface area contributed by atoms with E-state index in [9.17, 15) is 4.79 Å². The maximum atomic E-state index is 12.0. The average molecular weight is 270 g/mol. The van der Waals surface area contributed by atoms with Crippen LogP contribution in [0.1, 0.15) is 46.5 Å². The minimum absolute atomic E-state index is 0.137. The van der Waals surface area contributed by atoms with Crippen LogP contribution in [0.25, 0.3) is 0 Å². The highest BCUT2D eigenvalue weighted by Crippen LogP contribution is 2.21. The molecule has 1 aliphatic rings. The molecular formula is C15H30N2O2. The first-order valence-corrected chi connectivity index (χ1v) is 7.64. The molecule has 1 saturated heterocycles. The number of esters is 1. The third-order valence-electron chi connectivity index (χ3n) is 4.39. The van der Waals surface area contributed by atoms with E-state index in [1.165, 1.54) is 32.4 Å². The minimum atomic E-state index is -0.560. The molecule has 0 amide bonds. The van der Waals surface area contributed by atoms with Gasteiger partial charge in [-0.3, -0.25) is 4.79 Å². The fourth-order valence-electron chi connectivity index (χ4n) is 2.69. The zero-order valence-corrected chi connectivity index (χ0v) is 13.0. The SMILES string of the molecule is CCOC(=O)C(C)(CCN1CCCC(CC)C1)NC. The van der Waals surface area contributed by atoms with Crippen molar-refractivity contribution in [3.8, 4) is 0 Å². The largest absolute Gasteiger partial charge is 0.465 e. The van der Waals surface area contributed by atoms with Crippen LogP contribution in [0.4, 0.5) is 0 Å². The Morgan fingerprint density at radius 2 is 2.21 bits per heavy atom. The van der Waals surface area contributed by atoms with Gasteiger partial charge in [-0.15, -0.1) is 0 Å². The number of ether oxygens (including phenoxy) is 1. The second kappa shape index (κ2) is 7.85. The number of nitrogens with zero attached hydrogens (tertiary/aromatic N) is 1. The van der Waals surface area contributed by atoms with E-state index in [0.29, 0.717) is 6.61 Å². The Balaban J connectivity index is 2.46. The number of likely N-dealkylation sites (tertiary alicyclic amines) is 1. The summed E-state index contributed by atoms with van der Waals surface area (Å²) in [5.41, 5.74) is -0.560. The highest BCUT2D eigenvalue weighted by atomic mass is 16.5. The van der Waals surface area contributed by atoms with E-state index >= 15 is 0 Å². The first kappa shape index (κ1) is 16.4. The normalized spacial score (nSPS) is 23.9. The molecule has 0 saturated carbocycles. The summed E-state index contributed by atoms with van der Waals surface area (Å²) in [5, 5.41) is 3.13. The molecule has 4 nitrogen and oxygen atoms in total. The molecule has 0 bridgehead atoms.